The first kappa shape index (κ1) is 14.1. The molecule has 9 heteroatoms. The number of anilines is 1. The first-order valence-corrected chi connectivity index (χ1v) is 6.61. The lowest BCUT2D eigenvalue weighted by Crippen LogP contribution is -2.19. The topological polar surface area (TPSA) is 120 Å². The molecule has 2 aromatic rings. The van der Waals surface area contributed by atoms with Crippen LogP contribution in [0.4, 0.5) is 11.4 Å². The molecule has 1 heterocycles. The van der Waals surface area contributed by atoms with Gasteiger partial charge < -0.3 is 5.73 Å². The minimum absolute atomic E-state index is 0.0778. The van der Waals surface area contributed by atoms with Crippen LogP contribution in [0, 0.1) is 10.1 Å². The number of H-pyrrole nitrogens is 1. The molecule has 0 unspecified atom stereocenters. The number of hydrogen-bond acceptors (Lipinski definition) is 6. The van der Waals surface area contributed by atoms with Gasteiger partial charge >= 0.3 is 11.4 Å². The number of aromatic amines is 1. The molecule has 0 saturated heterocycles. The average molecular weight is 295 g/mol. The molecule has 8 nitrogen and oxygen atoms in total. The van der Waals surface area contributed by atoms with Crippen LogP contribution in [-0.2, 0) is 0 Å². The van der Waals surface area contributed by atoms with E-state index in [0.29, 0.717) is 10.1 Å². The second-order valence-electron chi connectivity index (χ2n) is 4.33. The van der Waals surface area contributed by atoms with Gasteiger partial charge in [0.25, 0.3) is 0 Å². The zero-order valence-corrected chi connectivity index (χ0v) is 11.7. The minimum Gasteiger partial charge on any atom is -0.393 e. The summed E-state index contributed by atoms with van der Waals surface area (Å²) >= 11 is 1.03. The zero-order valence-electron chi connectivity index (χ0n) is 10.9. The van der Waals surface area contributed by atoms with Crippen molar-refractivity contribution in [3.8, 4) is 0 Å². The highest BCUT2D eigenvalue weighted by Gasteiger charge is 2.21. The molecule has 106 valence electrons. The highest BCUT2D eigenvalue weighted by molar-refractivity contribution is 7.99. The van der Waals surface area contributed by atoms with Gasteiger partial charge in [-0.2, -0.15) is 0 Å². The molecule has 0 amide bonds. The van der Waals surface area contributed by atoms with Crippen molar-refractivity contribution in [3.63, 3.8) is 0 Å². The summed E-state index contributed by atoms with van der Waals surface area (Å²) in [6.07, 6.45) is 0. The van der Waals surface area contributed by atoms with Gasteiger partial charge in [0.15, 0.2) is 5.16 Å². The van der Waals surface area contributed by atoms with Gasteiger partial charge in [-0.25, -0.2) is 9.89 Å². The van der Waals surface area contributed by atoms with Gasteiger partial charge in [0.2, 0.25) is 0 Å². The van der Waals surface area contributed by atoms with Crippen molar-refractivity contribution < 1.29 is 4.92 Å². The van der Waals surface area contributed by atoms with E-state index < -0.39 is 4.92 Å². The van der Waals surface area contributed by atoms with Crippen LogP contribution in [0.2, 0.25) is 0 Å². The molecule has 0 aliphatic rings. The van der Waals surface area contributed by atoms with E-state index in [1.807, 2.05) is 13.8 Å². The third-order valence-corrected chi connectivity index (χ3v) is 3.62. The second-order valence-corrected chi connectivity index (χ2v) is 5.34. The molecule has 0 fully saturated rings. The number of rotatable bonds is 4. The van der Waals surface area contributed by atoms with E-state index in [1.165, 1.54) is 10.6 Å². The maximum atomic E-state index is 11.6. The van der Waals surface area contributed by atoms with E-state index in [2.05, 4.69) is 10.2 Å². The Hall–Kier alpha value is -2.29. The molecule has 0 saturated carbocycles. The maximum absolute atomic E-state index is 11.6. The van der Waals surface area contributed by atoms with Crippen LogP contribution in [0.1, 0.15) is 19.9 Å². The number of hydrogen-bond donors (Lipinski definition) is 2. The van der Waals surface area contributed by atoms with Crippen LogP contribution < -0.4 is 11.4 Å². The summed E-state index contributed by atoms with van der Waals surface area (Å²) in [7, 11) is 0. The molecular formula is C11H13N5O3S. The lowest BCUT2D eigenvalue weighted by atomic mass is 10.3. The van der Waals surface area contributed by atoms with E-state index in [4.69, 9.17) is 5.73 Å². The molecule has 0 aliphatic carbocycles. The van der Waals surface area contributed by atoms with Crippen LogP contribution in [-0.4, -0.2) is 19.7 Å². The van der Waals surface area contributed by atoms with Crippen molar-refractivity contribution >= 4 is 23.1 Å². The molecule has 1 aromatic heterocycles. The lowest BCUT2D eigenvalue weighted by Gasteiger charge is -2.09. The SMILES string of the molecule is CC(C)n1c(Sc2cccc(N)c2[N+](=O)[O-])n[nH]c1=O. The molecule has 0 bridgehead atoms. The van der Waals surface area contributed by atoms with Crippen molar-refractivity contribution in [2.24, 2.45) is 0 Å². The number of nitrogens with zero attached hydrogens (tertiary/aromatic N) is 3. The molecule has 3 N–H and O–H groups in total. The number of nitrogens with two attached hydrogens (primary N) is 1. The predicted octanol–water partition coefficient (Wildman–Crippen LogP) is 1.79. The first-order valence-electron chi connectivity index (χ1n) is 5.79. The normalized spacial score (nSPS) is 10.9. The van der Waals surface area contributed by atoms with Crippen LogP contribution in [0.3, 0.4) is 0 Å². The van der Waals surface area contributed by atoms with Crippen LogP contribution in [0.5, 0.6) is 0 Å². The van der Waals surface area contributed by atoms with E-state index in [0.717, 1.165) is 11.8 Å². The lowest BCUT2D eigenvalue weighted by molar-refractivity contribution is -0.386. The van der Waals surface area contributed by atoms with E-state index in [-0.39, 0.29) is 23.1 Å². The van der Waals surface area contributed by atoms with E-state index >= 15 is 0 Å². The van der Waals surface area contributed by atoms with Gasteiger partial charge in [0.05, 0.1) is 9.82 Å². The third kappa shape index (κ3) is 2.52. The summed E-state index contributed by atoms with van der Waals surface area (Å²) in [5, 5.41) is 17.7. The minimum atomic E-state index is -0.540. The standard InChI is InChI=1S/C11H13N5O3S/c1-6(2)15-10(17)13-14-11(15)20-8-5-3-4-7(12)9(8)16(18)19/h3-6H,12H2,1-2H3,(H,13,17). The van der Waals surface area contributed by atoms with E-state index in [9.17, 15) is 14.9 Å². The molecule has 0 spiro atoms. The van der Waals surface area contributed by atoms with Gasteiger partial charge in [0.1, 0.15) is 5.69 Å². The summed E-state index contributed by atoms with van der Waals surface area (Å²) in [5.74, 6) is 0. The van der Waals surface area contributed by atoms with Gasteiger partial charge in [-0.3, -0.25) is 14.7 Å². The van der Waals surface area contributed by atoms with Gasteiger partial charge in [-0.15, -0.1) is 5.10 Å². The van der Waals surface area contributed by atoms with Crippen molar-refractivity contribution in [2.45, 2.75) is 29.9 Å². The third-order valence-electron chi connectivity index (χ3n) is 2.60. The number of para-hydroxylation sites is 1. The number of nitrogens with one attached hydrogen (secondary N) is 1. The fourth-order valence-corrected chi connectivity index (χ4v) is 2.85. The van der Waals surface area contributed by atoms with Crippen LogP contribution in [0.25, 0.3) is 0 Å². The van der Waals surface area contributed by atoms with Gasteiger partial charge in [0, 0.05) is 6.04 Å². The van der Waals surface area contributed by atoms with Gasteiger partial charge in [-0.05, 0) is 37.7 Å². The van der Waals surface area contributed by atoms with Crippen molar-refractivity contribution in [1.82, 2.24) is 14.8 Å². The summed E-state index contributed by atoms with van der Waals surface area (Å²) < 4.78 is 1.43. The van der Waals surface area contributed by atoms with Crippen LogP contribution >= 0.6 is 11.8 Å². The van der Waals surface area contributed by atoms with Crippen molar-refractivity contribution in [2.75, 3.05) is 5.73 Å². The molecule has 1 aromatic carbocycles. The molecule has 0 radical (unpaired) electrons. The highest BCUT2D eigenvalue weighted by atomic mass is 32.2. The number of nitro groups is 1. The van der Waals surface area contributed by atoms with Crippen molar-refractivity contribution in [3.05, 3.63) is 38.8 Å². The van der Waals surface area contributed by atoms with E-state index in [1.54, 1.807) is 12.1 Å². The Balaban J connectivity index is 2.49. The van der Waals surface area contributed by atoms with Crippen molar-refractivity contribution in [1.29, 1.82) is 0 Å². The summed E-state index contributed by atoms with van der Waals surface area (Å²) in [5.41, 5.74) is 5.17. The second kappa shape index (κ2) is 5.37. The average Bonchev–Trinajstić information content (AvgIpc) is 2.70. The molecule has 20 heavy (non-hydrogen) atoms. The Morgan fingerprint density at radius 3 is 2.80 bits per heavy atom. The monoisotopic (exact) mass is 295 g/mol. The summed E-state index contributed by atoms with van der Waals surface area (Å²) in [6.45, 7) is 3.66. The zero-order chi connectivity index (χ0) is 14.9. The molecule has 0 aliphatic heterocycles. The fraction of sp³-hybridized carbons (Fsp3) is 0.273. The largest absolute Gasteiger partial charge is 0.393 e. The maximum Gasteiger partial charge on any atom is 0.344 e. The number of nitrogen functional groups attached to an aromatic ring is 1. The van der Waals surface area contributed by atoms with Crippen LogP contribution in [0.15, 0.2) is 33.0 Å². The Morgan fingerprint density at radius 2 is 2.20 bits per heavy atom. The quantitative estimate of drug-likeness (QED) is 0.504. The Labute approximate surface area is 118 Å². The Bertz CT molecular complexity index is 706. The number of nitro benzene ring substituents is 1. The molecular weight excluding hydrogens is 282 g/mol. The Morgan fingerprint density at radius 1 is 1.50 bits per heavy atom. The summed E-state index contributed by atoms with van der Waals surface area (Å²) in [6, 6.07) is 4.55. The highest BCUT2D eigenvalue weighted by Crippen LogP contribution is 2.37. The molecule has 2 rings (SSSR count). The molecule has 0 atom stereocenters. The first-order chi connectivity index (χ1) is 9.41. The van der Waals surface area contributed by atoms with Gasteiger partial charge in [-0.1, -0.05) is 6.07 Å². The Kier molecular flexibility index (Phi) is 3.79. The summed E-state index contributed by atoms with van der Waals surface area (Å²) in [4.78, 5) is 22.5. The number of aromatic nitrogens is 3. The smallest absolute Gasteiger partial charge is 0.344 e. The number of benzene rings is 1. The fourth-order valence-electron chi connectivity index (χ4n) is 1.73. The predicted molar refractivity (Wildman–Crippen MR) is 74.9 cm³/mol.